The Hall–Kier alpha value is -2.80. The third kappa shape index (κ3) is 3.88. The summed E-state index contributed by atoms with van der Waals surface area (Å²) in [5.41, 5.74) is 1.24. The number of H-pyrrole nitrogens is 1. The SMILES string of the molecule is CC(C)(C)C(=O)Nc1cccc(NS(=O)(=O)c2ccc3[nH]ccc3c2)c1. The van der Waals surface area contributed by atoms with Gasteiger partial charge in [0.25, 0.3) is 10.0 Å². The summed E-state index contributed by atoms with van der Waals surface area (Å²) < 4.78 is 27.9. The third-order valence-electron chi connectivity index (χ3n) is 3.89. The molecule has 0 fully saturated rings. The standard InChI is InChI=1S/C19H21N3O3S/c1-19(2,3)18(23)21-14-5-4-6-15(12-14)22-26(24,25)16-7-8-17-13(11-16)9-10-20-17/h4-12,20,22H,1-3H3,(H,21,23). The topological polar surface area (TPSA) is 91.1 Å². The second-order valence-electron chi connectivity index (χ2n) is 7.12. The minimum atomic E-state index is -3.73. The van der Waals surface area contributed by atoms with Crippen LogP contribution >= 0.6 is 0 Å². The smallest absolute Gasteiger partial charge is 0.261 e. The summed E-state index contributed by atoms with van der Waals surface area (Å²) in [4.78, 5) is 15.3. The Morgan fingerprint density at radius 1 is 1.00 bits per heavy atom. The van der Waals surface area contributed by atoms with E-state index in [1.807, 2.05) is 26.8 Å². The van der Waals surface area contributed by atoms with Crippen molar-refractivity contribution in [3.63, 3.8) is 0 Å². The van der Waals surface area contributed by atoms with Gasteiger partial charge in [0.1, 0.15) is 0 Å². The Morgan fingerprint density at radius 2 is 1.73 bits per heavy atom. The van der Waals surface area contributed by atoms with Crippen molar-refractivity contribution in [2.45, 2.75) is 25.7 Å². The van der Waals surface area contributed by atoms with Gasteiger partial charge < -0.3 is 10.3 Å². The zero-order valence-corrected chi connectivity index (χ0v) is 15.6. The van der Waals surface area contributed by atoms with Gasteiger partial charge in [0.15, 0.2) is 0 Å². The van der Waals surface area contributed by atoms with E-state index in [1.165, 1.54) is 0 Å². The minimum Gasteiger partial charge on any atom is -0.361 e. The average molecular weight is 371 g/mol. The van der Waals surface area contributed by atoms with Crippen molar-refractivity contribution in [3.8, 4) is 0 Å². The number of aromatic amines is 1. The monoisotopic (exact) mass is 371 g/mol. The number of nitrogens with one attached hydrogen (secondary N) is 3. The van der Waals surface area contributed by atoms with Crippen LogP contribution in [0.4, 0.5) is 11.4 Å². The van der Waals surface area contributed by atoms with E-state index in [-0.39, 0.29) is 10.8 Å². The molecule has 136 valence electrons. The number of rotatable bonds is 4. The molecule has 3 rings (SSSR count). The van der Waals surface area contributed by atoms with Gasteiger partial charge >= 0.3 is 0 Å². The fraction of sp³-hybridized carbons (Fsp3) is 0.211. The first-order valence-corrected chi connectivity index (χ1v) is 9.65. The summed E-state index contributed by atoms with van der Waals surface area (Å²) >= 11 is 0. The number of fused-ring (bicyclic) bond motifs is 1. The molecule has 7 heteroatoms. The lowest BCUT2D eigenvalue weighted by Gasteiger charge is -2.18. The molecule has 1 heterocycles. The Balaban J connectivity index is 1.83. The number of amides is 1. The third-order valence-corrected chi connectivity index (χ3v) is 5.27. The zero-order valence-electron chi connectivity index (χ0n) is 14.8. The van der Waals surface area contributed by atoms with Crippen LogP contribution in [0, 0.1) is 5.41 Å². The second-order valence-corrected chi connectivity index (χ2v) is 8.80. The molecule has 0 saturated carbocycles. The lowest BCUT2D eigenvalue weighted by Crippen LogP contribution is -2.27. The Kier molecular flexibility index (Phi) is 4.50. The molecular weight excluding hydrogens is 350 g/mol. The normalized spacial score (nSPS) is 12.1. The van der Waals surface area contributed by atoms with Gasteiger partial charge in [0.05, 0.1) is 10.6 Å². The van der Waals surface area contributed by atoms with Crippen LogP contribution in [0.25, 0.3) is 10.9 Å². The Bertz CT molecular complexity index is 1060. The molecule has 0 bridgehead atoms. The molecule has 0 atom stereocenters. The molecule has 26 heavy (non-hydrogen) atoms. The highest BCUT2D eigenvalue weighted by Gasteiger charge is 2.21. The molecule has 0 aliphatic carbocycles. The molecule has 6 nitrogen and oxygen atoms in total. The van der Waals surface area contributed by atoms with Gasteiger partial charge in [-0.3, -0.25) is 9.52 Å². The van der Waals surface area contributed by atoms with Gasteiger partial charge in [-0.05, 0) is 42.5 Å². The van der Waals surface area contributed by atoms with Crippen molar-refractivity contribution in [1.82, 2.24) is 4.98 Å². The fourth-order valence-corrected chi connectivity index (χ4v) is 3.48. The number of carbonyl (C=O) groups is 1. The summed E-state index contributed by atoms with van der Waals surface area (Å²) in [5, 5.41) is 3.61. The van der Waals surface area contributed by atoms with Crippen molar-refractivity contribution in [1.29, 1.82) is 0 Å². The molecule has 0 unspecified atom stereocenters. The molecule has 0 radical (unpaired) electrons. The molecule has 3 N–H and O–H groups in total. The number of aromatic nitrogens is 1. The lowest BCUT2D eigenvalue weighted by molar-refractivity contribution is -0.123. The number of anilines is 2. The number of hydrogen-bond donors (Lipinski definition) is 3. The highest BCUT2D eigenvalue weighted by molar-refractivity contribution is 7.92. The minimum absolute atomic E-state index is 0.143. The van der Waals surface area contributed by atoms with Gasteiger partial charge in [-0.15, -0.1) is 0 Å². The number of benzene rings is 2. The molecule has 0 saturated heterocycles. The van der Waals surface area contributed by atoms with Crippen molar-refractivity contribution in [2.24, 2.45) is 5.41 Å². The zero-order chi connectivity index (χ0) is 18.9. The van der Waals surface area contributed by atoms with E-state index < -0.39 is 15.4 Å². The van der Waals surface area contributed by atoms with E-state index in [1.54, 1.807) is 48.7 Å². The first-order chi connectivity index (χ1) is 12.1. The molecule has 1 aromatic heterocycles. The first kappa shape index (κ1) is 18.0. The van der Waals surface area contributed by atoms with E-state index in [0.717, 1.165) is 10.9 Å². The number of sulfonamides is 1. The number of carbonyl (C=O) groups excluding carboxylic acids is 1. The predicted molar refractivity (Wildman–Crippen MR) is 104 cm³/mol. The van der Waals surface area contributed by atoms with Crippen LogP contribution in [0.3, 0.4) is 0 Å². The fourth-order valence-electron chi connectivity index (χ4n) is 2.39. The van der Waals surface area contributed by atoms with E-state index in [4.69, 9.17) is 0 Å². The van der Waals surface area contributed by atoms with Gasteiger partial charge in [-0.25, -0.2) is 8.42 Å². The van der Waals surface area contributed by atoms with Crippen molar-refractivity contribution >= 4 is 38.2 Å². The van der Waals surface area contributed by atoms with E-state index in [2.05, 4.69) is 15.0 Å². The van der Waals surface area contributed by atoms with Crippen LogP contribution in [-0.2, 0) is 14.8 Å². The first-order valence-electron chi connectivity index (χ1n) is 8.17. The van der Waals surface area contributed by atoms with Gasteiger partial charge in [-0.1, -0.05) is 26.8 Å². The van der Waals surface area contributed by atoms with Crippen LogP contribution < -0.4 is 10.0 Å². The maximum Gasteiger partial charge on any atom is 0.261 e. The van der Waals surface area contributed by atoms with Gasteiger partial charge in [0.2, 0.25) is 5.91 Å². The van der Waals surface area contributed by atoms with Crippen LogP contribution in [0.2, 0.25) is 0 Å². The molecular formula is C19H21N3O3S. The van der Waals surface area contributed by atoms with Crippen LogP contribution in [0.1, 0.15) is 20.8 Å². The van der Waals surface area contributed by atoms with E-state index in [0.29, 0.717) is 11.4 Å². The summed E-state index contributed by atoms with van der Waals surface area (Å²) in [5.74, 6) is -0.143. The maximum absolute atomic E-state index is 12.7. The van der Waals surface area contributed by atoms with E-state index >= 15 is 0 Å². The summed E-state index contributed by atoms with van der Waals surface area (Å²) in [6.07, 6.45) is 1.76. The Labute approximate surface area is 152 Å². The van der Waals surface area contributed by atoms with Crippen LogP contribution in [-0.4, -0.2) is 19.3 Å². The molecule has 0 aliphatic heterocycles. The average Bonchev–Trinajstić information content (AvgIpc) is 3.01. The highest BCUT2D eigenvalue weighted by Crippen LogP contribution is 2.23. The lowest BCUT2D eigenvalue weighted by atomic mass is 9.95. The van der Waals surface area contributed by atoms with Crippen LogP contribution in [0.5, 0.6) is 0 Å². The van der Waals surface area contributed by atoms with Crippen molar-refractivity contribution < 1.29 is 13.2 Å². The largest absolute Gasteiger partial charge is 0.361 e. The predicted octanol–water partition coefficient (Wildman–Crippen LogP) is 3.95. The van der Waals surface area contributed by atoms with Crippen LogP contribution in [0.15, 0.2) is 59.6 Å². The summed E-state index contributed by atoms with van der Waals surface area (Å²) in [6.45, 7) is 5.43. The van der Waals surface area contributed by atoms with Gasteiger partial charge in [0, 0.05) is 28.2 Å². The van der Waals surface area contributed by atoms with Gasteiger partial charge in [-0.2, -0.15) is 0 Å². The quantitative estimate of drug-likeness (QED) is 0.648. The molecule has 0 spiro atoms. The van der Waals surface area contributed by atoms with Crippen molar-refractivity contribution in [2.75, 3.05) is 10.0 Å². The summed E-state index contributed by atoms with van der Waals surface area (Å²) in [6, 6.07) is 13.3. The number of hydrogen-bond acceptors (Lipinski definition) is 3. The maximum atomic E-state index is 12.7. The Morgan fingerprint density at radius 3 is 2.46 bits per heavy atom. The van der Waals surface area contributed by atoms with E-state index in [9.17, 15) is 13.2 Å². The highest BCUT2D eigenvalue weighted by atomic mass is 32.2. The summed E-state index contributed by atoms with van der Waals surface area (Å²) in [7, 11) is -3.73. The molecule has 1 amide bonds. The van der Waals surface area contributed by atoms with Crippen molar-refractivity contribution in [3.05, 3.63) is 54.7 Å². The second kappa shape index (κ2) is 6.49. The molecule has 3 aromatic rings. The molecule has 0 aliphatic rings. The molecule has 2 aromatic carbocycles.